The van der Waals surface area contributed by atoms with E-state index in [9.17, 15) is 9.59 Å². The van der Waals surface area contributed by atoms with Crippen LogP contribution < -0.4 is 5.32 Å². The summed E-state index contributed by atoms with van der Waals surface area (Å²) in [6.45, 7) is 4.56. The summed E-state index contributed by atoms with van der Waals surface area (Å²) in [4.78, 5) is 24.4. The monoisotopic (exact) mass is 268 g/mol. The van der Waals surface area contributed by atoms with E-state index in [0.29, 0.717) is 18.8 Å². The Kier molecular flexibility index (Phi) is 5.65. The van der Waals surface area contributed by atoms with E-state index in [0.717, 1.165) is 5.56 Å². The van der Waals surface area contributed by atoms with Crippen LogP contribution in [-0.4, -0.2) is 29.1 Å². The first-order valence-corrected chi connectivity index (χ1v) is 6.31. The van der Waals surface area contributed by atoms with Crippen molar-refractivity contribution in [1.29, 1.82) is 0 Å². The van der Waals surface area contributed by atoms with Gasteiger partial charge in [-0.2, -0.15) is 0 Å². The van der Waals surface area contributed by atoms with Crippen LogP contribution in [0.3, 0.4) is 0 Å². The van der Waals surface area contributed by atoms with E-state index in [4.69, 9.17) is 11.6 Å². The number of hydrogen-bond donors (Lipinski definition) is 1. The number of amides is 2. The lowest BCUT2D eigenvalue weighted by Crippen LogP contribution is -2.28. The molecule has 0 heterocycles. The second kappa shape index (κ2) is 7.01. The molecule has 0 bridgehead atoms. The number of benzene rings is 1. The molecule has 1 rings (SSSR count). The highest BCUT2D eigenvalue weighted by Gasteiger charge is 2.11. The maximum Gasteiger partial charge on any atom is 0.239 e. The summed E-state index contributed by atoms with van der Waals surface area (Å²) in [6, 6.07) is 7.39. The lowest BCUT2D eigenvalue weighted by atomic mass is 10.1. The zero-order valence-electron chi connectivity index (χ0n) is 10.6. The number of nitrogens with zero attached hydrogens (tertiary/aromatic N) is 1. The molecule has 5 heteroatoms. The minimum absolute atomic E-state index is 0.0102. The van der Waals surface area contributed by atoms with Gasteiger partial charge in [0.15, 0.2) is 0 Å². The van der Waals surface area contributed by atoms with Gasteiger partial charge >= 0.3 is 0 Å². The lowest BCUT2D eigenvalue weighted by molar-refractivity contribution is -0.129. The van der Waals surface area contributed by atoms with E-state index < -0.39 is 0 Å². The third-order valence-electron chi connectivity index (χ3n) is 2.60. The summed E-state index contributed by atoms with van der Waals surface area (Å²) in [5, 5.41) is 2.72. The van der Waals surface area contributed by atoms with Gasteiger partial charge in [-0.05, 0) is 18.6 Å². The molecule has 0 saturated heterocycles. The normalized spacial score (nSPS) is 9.94. The molecule has 18 heavy (non-hydrogen) atoms. The second-order valence-electron chi connectivity index (χ2n) is 3.87. The molecule has 0 aliphatic rings. The minimum Gasteiger partial charge on any atom is -0.339 e. The molecule has 0 saturated carbocycles. The van der Waals surface area contributed by atoms with Crippen LogP contribution in [-0.2, 0) is 16.1 Å². The molecular formula is C13H17ClN2O2. The van der Waals surface area contributed by atoms with Gasteiger partial charge in [0.2, 0.25) is 11.8 Å². The SMILES string of the molecule is CCN(Cc1ccccc1NC(=O)CCl)C(C)=O. The Hall–Kier alpha value is -1.55. The minimum atomic E-state index is -0.255. The van der Waals surface area contributed by atoms with Crippen molar-refractivity contribution in [3.05, 3.63) is 29.8 Å². The number of halogens is 1. The number of rotatable bonds is 5. The van der Waals surface area contributed by atoms with E-state index in [-0.39, 0.29) is 17.7 Å². The number of alkyl halides is 1. The van der Waals surface area contributed by atoms with Crippen molar-refractivity contribution in [2.45, 2.75) is 20.4 Å². The molecule has 0 atom stereocenters. The first-order chi connectivity index (χ1) is 8.58. The van der Waals surface area contributed by atoms with Crippen molar-refractivity contribution in [2.75, 3.05) is 17.7 Å². The molecule has 0 radical (unpaired) electrons. The predicted molar refractivity (Wildman–Crippen MR) is 72.6 cm³/mol. The van der Waals surface area contributed by atoms with Crippen LogP contribution in [0.2, 0.25) is 0 Å². The van der Waals surface area contributed by atoms with Crippen molar-refractivity contribution in [2.24, 2.45) is 0 Å². The average Bonchev–Trinajstić information content (AvgIpc) is 2.37. The Morgan fingerprint density at radius 2 is 2.00 bits per heavy atom. The fourth-order valence-electron chi connectivity index (χ4n) is 1.62. The maximum absolute atomic E-state index is 11.4. The molecule has 1 N–H and O–H groups in total. The van der Waals surface area contributed by atoms with E-state index in [1.165, 1.54) is 6.92 Å². The van der Waals surface area contributed by atoms with Gasteiger partial charge < -0.3 is 10.2 Å². The van der Waals surface area contributed by atoms with Gasteiger partial charge in [0.25, 0.3) is 0 Å². The number of hydrogen-bond acceptors (Lipinski definition) is 2. The molecule has 0 spiro atoms. The second-order valence-corrected chi connectivity index (χ2v) is 4.14. The molecule has 1 aromatic carbocycles. The predicted octanol–water partition coefficient (Wildman–Crippen LogP) is 2.23. The highest BCUT2D eigenvalue weighted by atomic mass is 35.5. The van der Waals surface area contributed by atoms with Gasteiger partial charge in [0.05, 0.1) is 0 Å². The van der Waals surface area contributed by atoms with Crippen LogP contribution in [0, 0.1) is 0 Å². The Morgan fingerprint density at radius 3 is 2.56 bits per heavy atom. The van der Waals surface area contributed by atoms with Crippen LogP contribution in [0.15, 0.2) is 24.3 Å². The van der Waals surface area contributed by atoms with Gasteiger partial charge in [-0.3, -0.25) is 9.59 Å². The van der Waals surface area contributed by atoms with Crippen LogP contribution in [0.5, 0.6) is 0 Å². The lowest BCUT2D eigenvalue weighted by Gasteiger charge is -2.20. The molecular weight excluding hydrogens is 252 g/mol. The van der Waals surface area contributed by atoms with E-state index in [1.54, 1.807) is 11.0 Å². The number of carbonyl (C=O) groups excluding carboxylic acids is 2. The summed E-state index contributed by atoms with van der Waals surface area (Å²) < 4.78 is 0. The Labute approximate surface area is 112 Å². The summed E-state index contributed by atoms with van der Waals surface area (Å²) >= 11 is 5.46. The molecule has 0 aliphatic heterocycles. The van der Waals surface area contributed by atoms with E-state index in [1.807, 2.05) is 25.1 Å². The molecule has 4 nitrogen and oxygen atoms in total. The van der Waals surface area contributed by atoms with Crippen molar-refractivity contribution in [1.82, 2.24) is 4.90 Å². The van der Waals surface area contributed by atoms with E-state index >= 15 is 0 Å². The van der Waals surface area contributed by atoms with Gasteiger partial charge in [0.1, 0.15) is 5.88 Å². The van der Waals surface area contributed by atoms with Crippen LogP contribution in [0.25, 0.3) is 0 Å². The van der Waals surface area contributed by atoms with Crippen molar-refractivity contribution in [3.63, 3.8) is 0 Å². The van der Waals surface area contributed by atoms with Gasteiger partial charge in [-0.15, -0.1) is 11.6 Å². The van der Waals surface area contributed by atoms with Gasteiger partial charge in [-0.1, -0.05) is 18.2 Å². The molecule has 0 aromatic heterocycles. The first-order valence-electron chi connectivity index (χ1n) is 5.77. The molecule has 1 aromatic rings. The molecule has 0 unspecified atom stereocenters. The average molecular weight is 269 g/mol. The highest BCUT2D eigenvalue weighted by Crippen LogP contribution is 2.17. The van der Waals surface area contributed by atoms with Crippen LogP contribution in [0.4, 0.5) is 5.69 Å². The number of carbonyl (C=O) groups is 2. The standard InChI is InChI=1S/C13H17ClN2O2/c1-3-16(10(2)17)9-11-6-4-5-7-12(11)15-13(18)8-14/h4-7H,3,8-9H2,1-2H3,(H,15,18). The van der Waals surface area contributed by atoms with Crippen molar-refractivity contribution >= 4 is 29.1 Å². The molecule has 0 aliphatic carbocycles. The largest absolute Gasteiger partial charge is 0.339 e. The zero-order valence-corrected chi connectivity index (χ0v) is 11.3. The summed E-state index contributed by atoms with van der Waals surface area (Å²) in [5.41, 5.74) is 1.59. The van der Waals surface area contributed by atoms with Crippen molar-refractivity contribution < 1.29 is 9.59 Å². The Morgan fingerprint density at radius 1 is 1.33 bits per heavy atom. The fourth-order valence-corrected chi connectivity index (χ4v) is 1.68. The highest BCUT2D eigenvalue weighted by molar-refractivity contribution is 6.29. The first kappa shape index (κ1) is 14.5. The third-order valence-corrected chi connectivity index (χ3v) is 2.84. The quantitative estimate of drug-likeness (QED) is 0.833. The topological polar surface area (TPSA) is 49.4 Å². The van der Waals surface area contributed by atoms with Crippen LogP contribution in [0.1, 0.15) is 19.4 Å². The number of nitrogens with one attached hydrogen (secondary N) is 1. The fraction of sp³-hybridized carbons (Fsp3) is 0.385. The third kappa shape index (κ3) is 4.04. The van der Waals surface area contributed by atoms with Crippen LogP contribution >= 0.6 is 11.6 Å². The molecule has 2 amide bonds. The summed E-state index contributed by atoms with van der Waals surface area (Å²) in [5.74, 6) is -0.329. The van der Waals surface area contributed by atoms with Gasteiger partial charge in [0, 0.05) is 25.7 Å². The Balaban J connectivity index is 2.87. The molecule has 0 fully saturated rings. The summed E-state index contributed by atoms with van der Waals surface area (Å²) in [6.07, 6.45) is 0. The smallest absolute Gasteiger partial charge is 0.239 e. The zero-order chi connectivity index (χ0) is 13.5. The summed E-state index contributed by atoms with van der Waals surface area (Å²) in [7, 11) is 0. The van der Waals surface area contributed by atoms with E-state index in [2.05, 4.69) is 5.32 Å². The Bertz CT molecular complexity index is 435. The maximum atomic E-state index is 11.4. The van der Waals surface area contributed by atoms with Crippen molar-refractivity contribution in [3.8, 4) is 0 Å². The van der Waals surface area contributed by atoms with Gasteiger partial charge in [-0.25, -0.2) is 0 Å². The number of anilines is 1. The molecule has 98 valence electrons. The number of para-hydroxylation sites is 1.